The van der Waals surface area contributed by atoms with Gasteiger partial charge in [-0.3, -0.25) is 0 Å². The first-order chi connectivity index (χ1) is 11.1. The Bertz CT molecular complexity index is 673. The third-order valence-corrected chi connectivity index (χ3v) is 4.78. The van der Waals surface area contributed by atoms with E-state index in [0.717, 1.165) is 4.88 Å². The first-order valence-corrected chi connectivity index (χ1v) is 8.14. The summed E-state index contributed by atoms with van der Waals surface area (Å²) in [6, 6.07) is 6.60. The molecule has 2 aromatic rings. The smallest absolute Gasteiger partial charge is 0.315 e. The topological polar surface area (TPSA) is 61.4 Å². The third kappa shape index (κ3) is 3.68. The van der Waals surface area contributed by atoms with E-state index in [4.69, 9.17) is 0 Å². The summed E-state index contributed by atoms with van der Waals surface area (Å²) in [5.41, 5.74) is 0.0245. The molecule has 1 aliphatic carbocycles. The third-order valence-electron chi connectivity index (χ3n) is 3.81. The van der Waals surface area contributed by atoms with Crippen molar-refractivity contribution in [2.45, 2.75) is 24.5 Å². The highest BCUT2D eigenvalue weighted by Gasteiger charge is 2.42. The number of thiophene rings is 1. The molecule has 3 N–H and O–H groups in total. The number of hydrogen-bond donors (Lipinski definition) is 3. The molecule has 0 aliphatic heterocycles. The first kappa shape index (κ1) is 15.9. The number of hydrogen-bond acceptors (Lipinski definition) is 3. The van der Waals surface area contributed by atoms with Crippen molar-refractivity contribution < 1.29 is 18.7 Å². The number of halogens is 2. The summed E-state index contributed by atoms with van der Waals surface area (Å²) >= 11 is 1.40. The van der Waals surface area contributed by atoms with Crippen LogP contribution in [0.1, 0.15) is 28.9 Å². The Labute approximate surface area is 136 Å². The van der Waals surface area contributed by atoms with Crippen LogP contribution in [0.5, 0.6) is 0 Å². The van der Waals surface area contributed by atoms with Crippen LogP contribution in [0.3, 0.4) is 0 Å². The molecule has 1 aromatic carbocycles. The zero-order valence-electron chi connectivity index (χ0n) is 12.1. The maximum Gasteiger partial charge on any atom is 0.315 e. The van der Waals surface area contributed by atoms with Gasteiger partial charge in [0.05, 0.1) is 6.54 Å². The molecule has 1 saturated carbocycles. The first-order valence-electron chi connectivity index (χ1n) is 7.26. The number of carbonyl (C=O) groups is 1. The lowest BCUT2D eigenvalue weighted by molar-refractivity contribution is 0.176. The highest BCUT2D eigenvalue weighted by atomic mass is 32.1. The van der Waals surface area contributed by atoms with Crippen molar-refractivity contribution in [3.8, 4) is 0 Å². The van der Waals surface area contributed by atoms with E-state index >= 15 is 0 Å². The summed E-state index contributed by atoms with van der Waals surface area (Å²) in [4.78, 5) is 12.6. The number of benzene rings is 1. The molecule has 0 radical (unpaired) electrons. The number of urea groups is 1. The number of carbonyl (C=O) groups excluding carboxylic acids is 1. The quantitative estimate of drug-likeness (QED) is 0.785. The Morgan fingerprint density at radius 1 is 1.30 bits per heavy atom. The number of aliphatic hydroxyl groups excluding tert-OH is 1. The van der Waals surface area contributed by atoms with Gasteiger partial charge in [0.15, 0.2) is 0 Å². The van der Waals surface area contributed by atoms with E-state index in [-0.39, 0.29) is 24.1 Å². The van der Waals surface area contributed by atoms with Crippen LogP contribution in [0.15, 0.2) is 35.7 Å². The molecule has 1 aliphatic rings. The highest BCUT2D eigenvalue weighted by Crippen LogP contribution is 2.43. The van der Waals surface area contributed by atoms with Gasteiger partial charge >= 0.3 is 6.03 Å². The van der Waals surface area contributed by atoms with Crippen LogP contribution in [0.2, 0.25) is 0 Å². The van der Waals surface area contributed by atoms with Gasteiger partial charge in [0.1, 0.15) is 17.7 Å². The molecule has 1 fully saturated rings. The minimum absolute atomic E-state index is 0.0245. The molecule has 7 heteroatoms. The largest absolute Gasteiger partial charge is 0.386 e. The van der Waals surface area contributed by atoms with Gasteiger partial charge in [-0.2, -0.15) is 0 Å². The normalized spacial score (nSPS) is 20.8. The van der Waals surface area contributed by atoms with Gasteiger partial charge < -0.3 is 15.7 Å². The van der Waals surface area contributed by atoms with Gasteiger partial charge in [0.2, 0.25) is 0 Å². The van der Waals surface area contributed by atoms with Crippen molar-refractivity contribution in [3.05, 3.63) is 57.8 Å². The number of aliphatic hydroxyl groups is 1. The van der Waals surface area contributed by atoms with Gasteiger partial charge in [0, 0.05) is 22.4 Å². The molecule has 1 heterocycles. The second-order valence-corrected chi connectivity index (χ2v) is 6.45. The molecule has 0 saturated heterocycles. The minimum atomic E-state index is -0.764. The number of nitrogens with one attached hydrogen (secondary N) is 2. The molecule has 122 valence electrons. The lowest BCUT2D eigenvalue weighted by Crippen LogP contribution is -2.39. The molecule has 0 bridgehead atoms. The zero-order valence-corrected chi connectivity index (χ0v) is 12.9. The molecule has 4 nitrogen and oxygen atoms in total. The lowest BCUT2D eigenvalue weighted by atomic mass is 10.1. The van der Waals surface area contributed by atoms with Crippen molar-refractivity contribution in [1.29, 1.82) is 0 Å². The summed E-state index contributed by atoms with van der Waals surface area (Å²) < 4.78 is 27.3. The molecule has 23 heavy (non-hydrogen) atoms. The van der Waals surface area contributed by atoms with Gasteiger partial charge in [0.25, 0.3) is 0 Å². The van der Waals surface area contributed by atoms with E-state index in [1.807, 2.05) is 11.4 Å². The predicted octanol–water partition coefficient (Wildman–Crippen LogP) is 2.92. The van der Waals surface area contributed by atoms with Gasteiger partial charge in [-0.1, -0.05) is 12.1 Å². The molecular weight excluding hydrogens is 322 g/mol. The van der Waals surface area contributed by atoms with Gasteiger partial charge in [-0.05, 0) is 30.0 Å². The van der Waals surface area contributed by atoms with Crippen molar-refractivity contribution in [1.82, 2.24) is 10.6 Å². The van der Waals surface area contributed by atoms with Crippen LogP contribution in [0.25, 0.3) is 0 Å². The van der Waals surface area contributed by atoms with Crippen LogP contribution >= 0.6 is 11.3 Å². The Morgan fingerprint density at radius 2 is 2.04 bits per heavy atom. The summed E-state index contributed by atoms with van der Waals surface area (Å²) in [5, 5.41) is 17.0. The fourth-order valence-electron chi connectivity index (χ4n) is 2.53. The average molecular weight is 338 g/mol. The number of rotatable bonds is 5. The van der Waals surface area contributed by atoms with Crippen molar-refractivity contribution >= 4 is 17.4 Å². The van der Waals surface area contributed by atoms with Crippen LogP contribution in [-0.4, -0.2) is 23.7 Å². The van der Waals surface area contributed by atoms with Crippen molar-refractivity contribution in [3.63, 3.8) is 0 Å². The predicted molar refractivity (Wildman–Crippen MR) is 83.3 cm³/mol. The second-order valence-electron chi connectivity index (χ2n) is 5.47. The van der Waals surface area contributed by atoms with E-state index < -0.39 is 23.8 Å². The van der Waals surface area contributed by atoms with E-state index in [0.29, 0.717) is 6.42 Å². The zero-order chi connectivity index (χ0) is 16.4. The van der Waals surface area contributed by atoms with Crippen LogP contribution in [0, 0.1) is 11.6 Å². The lowest BCUT2D eigenvalue weighted by Gasteiger charge is -2.11. The van der Waals surface area contributed by atoms with Gasteiger partial charge in [-0.15, -0.1) is 11.3 Å². The summed E-state index contributed by atoms with van der Waals surface area (Å²) in [7, 11) is 0. The standard InChI is InChI=1S/C16H16F2N2O2S/c17-10-3-1-4-11(18)15(10)9-7-12(9)20-16(22)19-8-13(21)14-5-2-6-23-14/h1-6,9,12-13,21H,7-8H2,(H2,19,20,22)/t9-,12+,13+/m1/s1. The van der Waals surface area contributed by atoms with Crippen molar-refractivity contribution in [2.24, 2.45) is 0 Å². The SMILES string of the molecule is O=C(NC[C@H](O)c1cccs1)N[C@H]1C[C@H]1c1c(F)cccc1F. The molecule has 2 amide bonds. The van der Waals surface area contributed by atoms with Crippen LogP contribution in [-0.2, 0) is 0 Å². The fourth-order valence-corrected chi connectivity index (χ4v) is 3.24. The maximum atomic E-state index is 13.7. The molecule has 1 aromatic heterocycles. The Hall–Kier alpha value is -1.99. The summed E-state index contributed by atoms with van der Waals surface area (Å²) in [5.74, 6) is -1.52. The maximum absolute atomic E-state index is 13.7. The number of amides is 2. The Kier molecular flexibility index (Phi) is 4.58. The van der Waals surface area contributed by atoms with Crippen LogP contribution in [0.4, 0.5) is 13.6 Å². The molecule has 0 spiro atoms. The summed E-state index contributed by atoms with van der Waals surface area (Å²) in [6.45, 7) is 0.0811. The average Bonchev–Trinajstić information content (AvgIpc) is 3.02. The molecular formula is C16H16F2N2O2S. The monoisotopic (exact) mass is 338 g/mol. The molecule has 3 rings (SSSR count). The van der Waals surface area contributed by atoms with E-state index in [9.17, 15) is 18.7 Å². The van der Waals surface area contributed by atoms with Crippen LogP contribution < -0.4 is 10.6 Å². The molecule has 3 atom stereocenters. The fraction of sp³-hybridized carbons (Fsp3) is 0.312. The minimum Gasteiger partial charge on any atom is -0.386 e. The van der Waals surface area contributed by atoms with E-state index in [1.165, 1.54) is 29.5 Å². The Morgan fingerprint density at radius 3 is 2.70 bits per heavy atom. The van der Waals surface area contributed by atoms with Crippen molar-refractivity contribution in [2.75, 3.05) is 6.54 Å². The summed E-state index contributed by atoms with van der Waals surface area (Å²) in [6.07, 6.45) is -0.265. The van der Waals surface area contributed by atoms with E-state index in [1.54, 1.807) is 6.07 Å². The Balaban J connectivity index is 1.49. The van der Waals surface area contributed by atoms with E-state index in [2.05, 4.69) is 10.6 Å². The second kappa shape index (κ2) is 6.64. The highest BCUT2D eigenvalue weighted by molar-refractivity contribution is 7.10. The molecule has 0 unspecified atom stereocenters. The van der Waals surface area contributed by atoms with Gasteiger partial charge in [-0.25, -0.2) is 13.6 Å².